The van der Waals surface area contributed by atoms with E-state index in [1.165, 1.54) is 10.4 Å². The van der Waals surface area contributed by atoms with Crippen LogP contribution in [0.1, 0.15) is 17.4 Å². The third-order valence-corrected chi connectivity index (χ3v) is 4.47. The summed E-state index contributed by atoms with van der Waals surface area (Å²) in [5.41, 5.74) is 1.19. The zero-order chi connectivity index (χ0) is 14.4. The summed E-state index contributed by atoms with van der Waals surface area (Å²) in [6.07, 6.45) is 0. The molecule has 0 unspecified atom stereocenters. The summed E-state index contributed by atoms with van der Waals surface area (Å²) in [7, 11) is 1.66. The van der Waals surface area contributed by atoms with E-state index in [1.807, 2.05) is 12.1 Å². The molecular weight excluding hydrogens is 338 g/mol. The van der Waals surface area contributed by atoms with Gasteiger partial charge in [-0.25, -0.2) is 0 Å². The summed E-state index contributed by atoms with van der Waals surface area (Å²) < 4.78 is 12.3. The molecule has 2 aromatic rings. The van der Waals surface area contributed by atoms with Crippen LogP contribution in [0.2, 0.25) is 0 Å². The fourth-order valence-corrected chi connectivity index (χ4v) is 3.15. The second-order valence-electron chi connectivity index (χ2n) is 4.29. The van der Waals surface area contributed by atoms with Gasteiger partial charge in [-0.2, -0.15) is 0 Å². The first-order valence-electron chi connectivity index (χ1n) is 6.46. The van der Waals surface area contributed by atoms with E-state index in [9.17, 15) is 0 Å². The Morgan fingerprint density at radius 3 is 2.75 bits per heavy atom. The van der Waals surface area contributed by atoms with Crippen molar-refractivity contribution < 1.29 is 9.47 Å². The molecule has 0 aliphatic rings. The van der Waals surface area contributed by atoms with E-state index in [1.54, 1.807) is 18.4 Å². The normalized spacial score (nSPS) is 10.6. The quantitative estimate of drug-likeness (QED) is 0.806. The number of hydrogen-bond acceptors (Lipinski definition) is 4. The van der Waals surface area contributed by atoms with Gasteiger partial charge < -0.3 is 14.8 Å². The van der Waals surface area contributed by atoms with Crippen LogP contribution >= 0.6 is 27.3 Å². The molecule has 0 amide bonds. The molecule has 1 aromatic carbocycles. The molecule has 1 N–H and O–H groups in total. The lowest BCUT2D eigenvalue weighted by Gasteiger charge is -2.12. The highest BCUT2D eigenvalue weighted by molar-refractivity contribution is 9.10. The van der Waals surface area contributed by atoms with Gasteiger partial charge in [-0.3, -0.25) is 0 Å². The Labute approximate surface area is 132 Å². The Hall–Kier alpha value is -1.04. The molecule has 3 nitrogen and oxygen atoms in total. The van der Waals surface area contributed by atoms with Crippen molar-refractivity contribution in [3.8, 4) is 11.5 Å². The zero-order valence-corrected chi connectivity index (χ0v) is 14.0. The Morgan fingerprint density at radius 1 is 1.25 bits per heavy atom. The molecule has 0 bridgehead atoms. The molecule has 1 aromatic heterocycles. The van der Waals surface area contributed by atoms with Crippen LogP contribution in [-0.4, -0.2) is 13.7 Å². The van der Waals surface area contributed by atoms with Crippen LogP contribution in [0.15, 0.2) is 34.1 Å². The van der Waals surface area contributed by atoms with Gasteiger partial charge in [-0.05, 0) is 46.2 Å². The average Bonchev–Trinajstić information content (AvgIpc) is 2.88. The number of hydrogen-bond donors (Lipinski definition) is 1. The van der Waals surface area contributed by atoms with Crippen LogP contribution in [0.5, 0.6) is 11.5 Å². The fourth-order valence-electron chi connectivity index (χ4n) is 1.79. The summed E-state index contributed by atoms with van der Waals surface area (Å²) in [6.45, 7) is 4.43. The van der Waals surface area contributed by atoms with Gasteiger partial charge in [-0.1, -0.05) is 13.0 Å². The molecule has 2 rings (SSSR count). The maximum atomic E-state index is 5.88. The van der Waals surface area contributed by atoms with Crippen LogP contribution < -0.4 is 14.8 Å². The first-order valence-corrected chi connectivity index (χ1v) is 8.13. The molecule has 0 saturated carbocycles. The standard InChI is InChI=1S/C15H18BrNO2S/c1-3-17-8-11-4-5-14(18-2)15(6-11)19-9-13-7-12(16)10-20-13/h4-7,10,17H,3,8-9H2,1-2H3. The number of thiophene rings is 1. The molecule has 108 valence electrons. The van der Waals surface area contributed by atoms with Gasteiger partial charge >= 0.3 is 0 Å². The van der Waals surface area contributed by atoms with Gasteiger partial charge in [0.15, 0.2) is 11.5 Å². The summed E-state index contributed by atoms with van der Waals surface area (Å²) in [5.74, 6) is 1.55. The second-order valence-corrected chi connectivity index (χ2v) is 6.20. The molecular formula is C15H18BrNO2S. The minimum Gasteiger partial charge on any atom is -0.493 e. The predicted molar refractivity (Wildman–Crippen MR) is 86.7 cm³/mol. The van der Waals surface area contributed by atoms with Gasteiger partial charge in [0.1, 0.15) is 6.61 Å². The third kappa shape index (κ3) is 4.23. The number of nitrogens with one attached hydrogen (secondary N) is 1. The van der Waals surface area contributed by atoms with Crippen LogP contribution in [0, 0.1) is 0 Å². The fraction of sp³-hybridized carbons (Fsp3) is 0.333. The molecule has 1 heterocycles. The summed E-state index contributed by atoms with van der Waals surface area (Å²) >= 11 is 5.12. The molecule has 0 aliphatic carbocycles. The molecule has 0 spiro atoms. The van der Waals surface area contributed by atoms with Gasteiger partial charge in [0.25, 0.3) is 0 Å². The molecule has 20 heavy (non-hydrogen) atoms. The Kier molecular flexibility index (Phi) is 5.88. The highest BCUT2D eigenvalue weighted by atomic mass is 79.9. The second kappa shape index (κ2) is 7.67. The zero-order valence-electron chi connectivity index (χ0n) is 11.6. The highest BCUT2D eigenvalue weighted by Crippen LogP contribution is 2.30. The molecule has 0 fully saturated rings. The minimum atomic E-state index is 0.553. The van der Waals surface area contributed by atoms with Crippen molar-refractivity contribution in [1.82, 2.24) is 5.32 Å². The lowest BCUT2D eigenvalue weighted by molar-refractivity contribution is 0.287. The van der Waals surface area contributed by atoms with E-state index in [4.69, 9.17) is 9.47 Å². The van der Waals surface area contributed by atoms with Gasteiger partial charge in [-0.15, -0.1) is 11.3 Å². The number of methoxy groups -OCH3 is 1. The van der Waals surface area contributed by atoms with Crippen LogP contribution in [-0.2, 0) is 13.2 Å². The van der Waals surface area contributed by atoms with Crippen molar-refractivity contribution in [3.63, 3.8) is 0 Å². The largest absolute Gasteiger partial charge is 0.493 e. The van der Waals surface area contributed by atoms with Crippen LogP contribution in [0.25, 0.3) is 0 Å². The number of halogens is 1. The lowest BCUT2D eigenvalue weighted by Crippen LogP contribution is -2.11. The molecule has 0 aliphatic heterocycles. The maximum absolute atomic E-state index is 5.88. The minimum absolute atomic E-state index is 0.553. The van der Waals surface area contributed by atoms with E-state index < -0.39 is 0 Å². The summed E-state index contributed by atoms with van der Waals surface area (Å²) in [6, 6.07) is 8.10. The van der Waals surface area contributed by atoms with E-state index >= 15 is 0 Å². The van der Waals surface area contributed by atoms with Gasteiger partial charge in [0.2, 0.25) is 0 Å². The summed E-state index contributed by atoms with van der Waals surface area (Å²) in [5, 5.41) is 5.36. The topological polar surface area (TPSA) is 30.5 Å². The van der Waals surface area contributed by atoms with Crippen molar-refractivity contribution >= 4 is 27.3 Å². The first-order chi connectivity index (χ1) is 9.72. The Morgan fingerprint density at radius 2 is 2.10 bits per heavy atom. The van der Waals surface area contributed by atoms with E-state index in [-0.39, 0.29) is 0 Å². The average molecular weight is 356 g/mol. The van der Waals surface area contributed by atoms with E-state index in [2.05, 4.69) is 45.7 Å². The monoisotopic (exact) mass is 355 g/mol. The third-order valence-electron chi connectivity index (χ3n) is 2.80. The van der Waals surface area contributed by atoms with Gasteiger partial charge in [0, 0.05) is 21.3 Å². The van der Waals surface area contributed by atoms with Crippen molar-refractivity contribution in [2.24, 2.45) is 0 Å². The maximum Gasteiger partial charge on any atom is 0.162 e. The van der Waals surface area contributed by atoms with E-state index in [0.717, 1.165) is 29.1 Å². The molecule has 5 heteroatoms. The lowest BCUT2D eigenvalue weighted by atomic mass is 10.2. The first kappa shape index (κ1) is 15.4. The molecule has 0 atom stereocenters. The number of rotatable bonds is 7. The SMILES string of the molecule is CCNCc1ccc(OC)c(OCc2cc(Br)cs2)c1. The van der Waals surface area contributed by atoms with E-state index in [0.29, 0.717) is 6.61 Å². The van der Waals surface area contributed by atoms with Crippen molar-refractivity contribution in [1.29, 1.82) is 0 Å². The number of ether oxygens (including phenoxy) is 2. The van der Waals surface area contributed by atoms with Crippen LogP contribution in [0.3, 0.4) is 0 Å². The highest BCUT2D eigenvalue weighted by Gasteiger charge is 2.07. The summed E-state index contributed by atoms with van der Waals surface area (Å²) in [4.78, 5) is 1.18. The van der Waals surface area contributed by atoms with Crippen LogP contribution in [0.4, 0.5) is 0 Å². The smallest absolute Gasteiger partial charge is 0.162 e. The van der Waals surface area contributed by atoms with Crippen molar-refractivity contribution in [3.05, 3.63) is 44.6 Å². The Balaban J connectivity index is 2.07. The van der Waals surface area contributed by atoms with Gasteiger partial charge in [0.05, 0.1) is 7.11 Å². The van der Waals surface area contributed by atoms with Crippen molar-refractivity contribution in [2.75, 3.05) is 13.7 Å². The Bertz CT molecular complexity index is 557. The van der Waals surface area contributed by atoms with Crippen molar-refractivity contribution in [2.45, 2.75) is 20.1 Å². The molecule has 0 saturated heterocycles. The number of benzene rings is 1. The predicted octanol–water partition coefficient (Wildman–Crippen LogP) is 4.21. The molecule has 0 radical (unpaired) electrons.